The first-order valence-electron chi connectivity index (χ1n) is 41.5. The van der Waals surface area contributed by atoms with E-state index in [0.29, 0.717) is 44.9 Å². The molecule has 1 aliphatic rings. The third kappa shape index (κ3) is 10.3. The average Bonchev–Trinajstić information content (AvgIpc) is 0.945. The second-order valence-electron chi connectivity index (χ2n) is 27.5. The highest BCUT2D eigenvalue weighted by Crippen LogP contribution is 2.47. The third-order valence-electron chi connectivity index (χ3n) is 18.4. The van der Waals surface area contributed by atoms with Crippen LogP contribution in [0.2, 0.25) is 0 Å². The highest BCUT2D eigenvalue weighted by atomic mass is 28.3. The number of nitrogens with zero attached hydrogens (tertiary/aromatic N) is 4. The van der Waals surface area contributed by atoms with Gasteiger partial charge in [0.05, 0.1) is 59.5 Å². The van der Waals surface area contributed by atoms with Crippen LogP contribution >= 0.6 is 0 Å². The normalized spacial score (nSPS) is 15.2. The summed E-state index contributed by atoms with van der Waals surface area (Å²) in [5.41, 5.74) is 11.6. The molecule has 0 saturated carbocycles. The summed E-state index contributed by atoms with van der Waals surface area (Å²) in [5.74, 6) is 1.70. The molecule has 0 spiro atoms. The summed E-state index contributed by atoms with van der Waals surface area (Å²) in [7, 11) is -6.30. The van der Waals surface area contributed by atoms with Crippen LogP contribution in [0, 0.1) is 6.33 Å². The van der Waals surface area contributed by atoms with E-state index in [1.165, 1.54) is 0 Å². The van der Waals surface area contributed by atoms with Gasteiger partial charge in [-0.25, -0.2) is 4.98 Å². The average molecular weight is 1280 g/mol. The Morgan fingerprint density at radius 3 is 1.57 bits per heavy atom. The second kappa shape index (κ2) is 23.2. The summed E-state index contributed by atoms with van der Waals surface area (Å²) in [4.78, 5) is 4.93. The van der Waals surface area contributed by atoms with Gasteiger partial charge in [0.2, 0.25) is 0 Å². The fourth-order valence-electron chi connectivity index (χ4n) is 13.5. The van der Waals surface area contributed by atoms with Crippen molar-refractivity contribution in [3.8, 4) is 84.3 Å². The topological polar surface area (TPSA) is 35.9 Å². The van der Waals surface area contributed by atoms with E-state index in [4.69, 9.17) is 13.8 Å². The second-order valence-corrected chi connectivity index (χ2v) is 31.0. The number of para-hydroxylation sites is 2. The van der Waals surface area contributed by atoms with Crippen molar-refractivity contribution in [3.05, 3.63) is 320 Å². The summed E-state index contributed by atoms with van der Waals surface area (Å²) in [5, 5.41) is -1.71. The quantitative estimate of drug-likeness (QED) is 0.0592. The zero-order valence-corrected chi connectivity index (χ0v) is 55.5. The highest BCUT2D eigenvalue weighted by molar-refractivity contribution is 7.20. The molecule has 466 valence electrons. The minimum atomic E-state index is -6.30. The van der Waals surface area contributed by atoms with Gasteiger partial charge in [0.1, 0.15) is 17.3 Å². The van der Waals surface area contributed by atoms with Crippen LogP contribution in [0.1, 0.15) is 105 Å². The lowest BCUT2D eigenvalue weighted by molar-refractivity contribution is -0.570. The molecule has 16 rings (SSSR count). The first kappa shape index (κ1) is 42.4. The Labute approximate surface area is 591 Å². The number of aromatic nitrogens is 4. The molecule has 0 bridgehead atoms. The minimum Gasteiger partial charge on any atom is -0.458 e. The number of benzene rings is 12. The predicted molar refractivity (Wildman–Crippen MR) is 403 cm³/mol. The van der Waals surface area contributed by atoms with Crippen molar-refractivity contribution >= 4 is 61.7 Å². The largest absolute Gasteiger partial charge is 0.458 e. The van der Waals surface area contributed by atoms with Gasteiger partial charge in [0.15, 0.2) is 8.07 Å². The molecule has 0 amide bonds. The van der Waals surface area contributed by atoms with Gasteiger partial charge in [0, 0.05) is 23.0 Å². The van der Waals surface area contributed by atoms with Crippen molar-refractivity contribution < 1.29 is 35.3 Å². The molecule has 0 saturated heterocycles. The Bertz CT molecular complexity index is 6440. The monoisotopic (exact) mass is 1280 g/mol. The molecule has 0 aliphatic carbocycles. The Balaban J connectivity index is 1.05. The number of hydrogen-bond donors (Lipinski definition) is 0. The highest BCUT2D eigenvalue weighted by Gasteiger charge is 2.42. The summed E-state index contributed by atoms with van der Waals surface area (Å²) >= 11 is 0. The van der Waals surface area contributed by atoms with Crippen LogP contribution < -0.4 is 30.1 Å². The van der Waals surface area contributed by atoms with E-state index in [9.17, 15) is 21.9 Å². The molecular weight excluding hydrogens is 1180 g/mol. The van der Waals surface area contributed by atoms with Crippen LogP contribution in [0.3, 0.4) is 0 Å². The number of hydrogen-bond acceptors (Lipinski definition) is 2. The fourth-order valence-corrected chi connectivity index (χ4v) is 17.1. The number of ether oxygens (including phenoxy) is 1. The number of imidazole rings is 1. The lowest BCUT2D eigenvalue weighted by Gasteiger charge is -2.34. The molecule has 6 heteroatoms. The molecule has 0 atom stereocenters. The minimum absolute atomic E-state index is 0.0117. The molecule has 0 N–H and O–H groups in total. The van der Waals surface area contributed by atoms with Crippen LogP contribution in [0.15, 0.2) is 297 Å². The number of pyridine rings is 1. The van der Waals surface area contributed by atoms with Gasteiger partial charge >= 0.3 is 0 Å². The molecule has 0 unspecified atom stereocenters. The summed E-state index contributed by atoms with van der Waals surface area (Å²) in [6, 6.07) is 38.0. The molecule has 0 radical (unpaired) electrons. The van der Waals surface area contributed by atoms with E-state index in [-0.39, 0.29) is 27.5 Å². The van der Waals surface area contributed by atoms with Gasteiger partial charge in [-0.15, -0.1) is 0 Å². The fraction of sp³-hybridized carbons (Fsp3) is 0.133. The van der Waals surface area contributed by atoms with Crippen LogP contribution in [-0.2, 0) is 16.2 Å². The van der Waals surface area contributed by atoms with E-state index in [1.54, 1.807) is 12.1 Å². The first-order chi connectivity index (χ1) is 54.4. The summed E-state index contributed by atoms with van der Waals surface area (Å²) in [6.07, 6.45) is 5.66. The van der Waals surface area contributed by atoms with E-state index < -0.39 is 149 Å². The molecule has 5 nitrogen and oxygen atoms in total. The van der Waals surface area contributed by atoms with Crippen LogP contribution in [0.4, 0.5) is 0 Å². The van der Waals surface area contributed by atoms with Crippen molar-refractivity contribution in [1.29, 1.82) is 0 Å². The van der Waals surface area contributed by atoms with Crippen molar-refractivity contribution in [2.24, 2.45) is 0 Å². The van der Waals surface area contributed by atoms with E-state index >= 15 is 0 Å². The van der Waals surface area contributed by atoms with Gasteiger partial charge in [-0.1, -0.05) is 292 Å². The first-order valence-corrected chi connectivity index (χ1v) is 34.0. The molecule has 4 heterocycles. The van der Waals surface area contributed by atoms with Crippen LogP contribution in [0.5, 0.6) is 11.5 Å². The molecule has 15 aromatic rings. The Kier molecular flexibility index (Phi) is 10.3. The number of rotatable bonds is 10. The predicted octanol–water partition coefficient (Wildman–Crippen LogP) is 19.9. The van der Waals surface area contributed by atoms with Crippen LogP contribution in [-0.4, -0.2) is 22.2 Å². The molecular formula is C90H76N4OSi. The van der Waals surface area contributed by atoms with Crippen molar-refractivity contribution in [1.82, 2.24) is 14.1 Å². The van der Waals surface area contributed by atoms with E-state index in [1.807, 2.05) is 131 Å². The standard InChI is InChI=1S/C90H76N4OSi/c1-88(2,3)63-48-49-91-85(56-63)94-82-45-24-23-42-78(82)79-47-46-68(58-83(79)94)95-67-30-26-29-66(57-67)92-59-93-86-73(60-28-25-37-72(52-60)96(69-31-13-10-14-32-69,70-33-15-11-16-34-70)71-35-17-12-18-36-71)43-27-44-80(86)76-40-21-19-38-74(76)75-39-20-22-41-77(75)81-53-62(54-84(92)87(81)93)61-50-64(89(4,5)6)55-65(51-61)90(7,8)9/h10-58H,1-9H3/i10D,11D,12D,13D,14D,15D,16D,17D,18D,25D,28D,31D,32D,33D,34D,35D,36D,37D,52D. The Morgan fingerprint density at radius 1 is 0.406 bits per heavy atom. The van der Waals surface area contributed by atoms with Crippen LogP contribution in [0.25, 0.3) is 106 Å². The maximum atomic E-state index is 11.2. The van der Waals surface area contributed by atoms with Gasteiger partial charge in [-0.2, -0.15) is 0 Å². The maximum Gasteiger partial charge on any atom is 0.269 e. The zero-order chi connectivity index (χ0) is 82.2. The number of fused-ring (bicyclic) bond motifs is 10. The molecule has 96 heavy (non-hydrogen) atoms. The molecule has 12 aromatic carbocycles. The van der Waals surface area contributed by atoms with Gasteiger partial charge in [-0.3, -0.25) is 13.7 Å². The Morgan fingerprint density at radius 2 is 0.938 bits per heavy atom. The smallest absolute Gasteiger partial charge is 0.269 e. The van der Waals surface area contributed by atoms with E-state index in [0.717, 1.165) is 72.1 Å². The third-order valence-corrected chi connectivity index (χ3v) is 22.4. The van der Waals surface area contributed by atoms with Crippen molar-refractivity contribution in [2.75, 3.05) is 0 Å². The SMILES string of the molecule is [2H]c1c([2H])c([2H])c([Si](c2c([2H])c([2H])c([2H])c([2H])c2[2H])(c2c([2H])c([2H])c([2H])c([2H])c2[2H])c2c([2H])c([2H])c([2H])c(-c3cccc4c3-[n+]3[c-]n(-c5cccc(Oc6ccc7c8ccccc8n(-c8cc(C(C)(C)C)ccn8)c7c6)c5)c5cc(-c6cc(C(C)(C)C)cc(C(C)(C)C)c6)cc(c53)-c3ccccc3-c3ccccc3-4)c2[2H])c([2H])c1[2H]. The Hall–Kier alpha value is -10.9. The molecule has 3 aromatic heterocycles. The molecule has 0 fully saturated rings. The summed E-state index contributed by atoms with van der Waals surface area (Å²) < 4.78 is 197. The van der Waals surface area contributed by atoms with Crippen molar-refractivity contribution in [3.63, 3.8) is 0 Å². The maximum absolute atomic E-state index is 11.2. The van der Waals surface area contributed by atoms with Gasteiger partial charge < -0.3 is 4.74 Å². The molecule has 1 aliphatic heterocycles. The summed E-state index contributed by atoms with van der Waals surface area (Å²) in [6.45, 7) is 19.6. The van der Waals surface area contributed by atoms with Gasteiger partial charge in [-0.05, 0) is 164 Å². The van der Waals surface area contributed by atoms with E-state index in [2.05, 4.69) is 122 Å². The van der Waals surface area contributed by atoms with Gasteiger partial charge in [0.25, 0.3) is 6.33 Å². The lowest BCUT2D eigenvalue weighted by Crippen LogP contribution is -2.74. The zero-order valence-electron chi connectivity index (χ0n) is 73.5. The van der Waals surface area contributed by atoms with Crippen molar-refractivity contribution in [2.45, 2.75) is 78.6 Å². The lowest BCUT2D eigenvalue weighted by atomic mass is 9.78.